The van der Waals surface area contributed by atoms with Crippen LogP contribution in [0.25, 0.3) is 0 Å². The molecule has 0 spiro atoms. The number of piperazine rings is 1. The van der Waals surface area contributed by atoms with Gasteiger partial charge in [0.15, 0.2) is 0 Å². The second-order valence-corrected chi connectivity index (χ2v) is 6.49. The predicted octanol–water partition coefficient (Wildman–Crippen LogP) is 1.13. The van der Waals surface area contributed by atoms with Gasteiger partial charge in [0.2, 0.25) is 0 Å². The van der Waals surface area contributed by atoms with E-state index >= 15 is 0 Å². The molecular formula is C18H27N3O3. The van der Waals surface area contributed by atoms with Gasteiger partial charge in [0.05, 0.1) is 14.2 Å². The Morgan fingerprint density at radius 3 is 2.33 bits per heavy atom. The van der Waals surface area contributed by atoms with Crippen molar-refractivity contribution in [3.63, 3.8) is 0 Å². The van der Waals surface area contributed by atoms with Crippen LogP contribution >= 0.6 is 0 Å². The van der Waals surface area contributed by atoms with E-state index in [0.29, 0.717) is 23.1 Å². The summed E-state index contributed by atoms with van der Waals surface area (Å²) in [6, 6.07) is 4.11. The third kappa shape index (κ3) is 3.35. The van der Waals surface area contributed by atoms with E-state index in [2.05, 4.69) is 10.2 Å². The third-order valence-electron chi connectivity index (χ3n) is 5.12. The van der Waals surface area contributed by atoms with E-state index in [0.717, 1.165) is 51.3 Å². The standard InChI is InChI=1S/C18H27N3O3/c1-13-16(23-2)10-14(11-17(13)24-3)18(22)21-7-4-15(12-21)20-8-5-19-6-9-20/h10-11,15,19H,4-9,12H2,1-3H3. The number of benzene rings is 1. The van der Waals surface area contributed by atoms with Crippen LogP contribution in [0.2, 0.25) is 0 Å². The lowest BCUT2D eigenvalue weighted by atomic mass is 10.1. The first-order chi connectivity index (χ1) is 11.6. The van der Waals surface area contributed by atoms with Crippen LogP contribution in [0.15, 0.2) is 12.1 Å². The molecule has 1 N–H and O–H groups in total. The number of nitrogens with one attached hydrogen (secondary N) is 1. The predicted molar refractivity (Wildman–Crippen MR) is 93.0 cm³/mol. The van der Waals surface area contributed by atoms with Gasteiger partial charge in [-0.3, -0.25) is 9.69 Å². The summed E-state index contributed by atoms with van der Waals surface area (Å²) in [4.78, 5) is 17.4. The molecule has 0 saturated carbocycles. The van der Waals surface area contributed by atoms with Crippen molar-refractivity contribution in [3.8, 4) is 11.5 Å². The maximum atomic E-state index is 12.9. The van der Waals surface area contributed by atoms with Crippen molar-refractivity contribution in [2.24, 2.45) is 0 Å². The van der Waals surface area contributed by atoms with Crippen molar-refractivity contribution in [1.29, 1.82) is 0 Å². The van der Waals surface area contributed by atoms with Crippen molar-refractivity contribution in [2.75, 3.05) is 53.5 Å². The van der Waals surface area contributed by atoms with Crippen LogP contribution in [0.4, 0.5) is 0 Å². The van der Waals surface area contributed by atoms with E-state index in [-0.39, 0.29) is 5.91 Å². The third-order valence-corrected chi connectivity index (χ3v) is 5.12. The van der Waals surface area contributed by atoms with Crippen LogP contribution in [0.3, 0.4) is 0 Å². The Morgan fingerprint density at radius 1 is 1.12 bits per heavy atom. The van der Waals surface area contributed by atoms with Gasteiger partial charge in [-0.25, -0.2) is 0 Å². The van der Waals surface area contributed by atoms with E-state index in [1.165, 1.54) is 0 Å². The number of ether oxygens (including phenoxy) is 2. The van der Waals surface area contributed by atoms with Gasteiger partial charge in [0.25, 0.3) is 5.91 Å². The van der Waals surface area contributed by atoms with Gasteiger partial charge in [0.1, 0.15) is 11.5 Å². The van der Waals surface area contributed by atoms with Gasteiger partial charge < -0.3 is 19.7 Å². The minimum absolute atomic E-state index is 0.0595. The Bertz CT molecular complexity index is 574. The van der Waals surface area contributed by atoms with E-state index in [9.17, 15) is 4.79 Å². The number of methoxy groups -OCH3 is 2. The zero-order chi connectivity index (χ0) is 17.1. The SMILES string of the molecule is COc1cc(C(=O)N2CCC(N3CCNCC3)C2)cc(OC)c1C. The van der Waals surface area contributed by atoms with E-state index in [4.69, 9.17) is 9.47 Å². The molecule has 6 heteroatoms. The number of rotatable bonds is 4. The fourth-order valence-corrected chi connectivity index (χ4v) is 3.66. The summed E-state index contributed by atoms with van der Waals surface area (Å²) in [6.45, 7) is 7.76. The van der Waals surface area contributed by atoms with Gasteiger partial charge in [-0.2, -0.15) is 0 Å². The summed E-state index contributed by atoms with van der Waals surface area (Å²) in [5.41, 5.74) is 1.55. The lowest BCUT2D eigenvalue weighted by Crippen LogP contribution is -2.49. The monoisotopic (exact) mass is 333 g/mol. The number of hydrogen-bond donors (Lipinski definition) is 1. The van der Waals surface area contributed by atoms with Crippen LogP contribution in [-0.4, -0.2) is 75.2 Å². The quantitative estimate of drug-likeness (QED) is 0.895. The van der Waals surface area contributed by atoms with Gasteiger partial charge in [-0.1, -0.05) is 0 Å². The molecule has 3 rings (SSSR count). The number of likely N-dealkylation sites (tertiary alicyclic amines) is 1. The highest BCUT2D eigenvalue weighted by molar-refractivity contribution is 5.95. The van der Waals surface area contributed by atoms with Crippen LogP contribution in [0, 0.1) is 6.92 Å². The molecule has 2 heterocycles. The fraction of sp³-hybridized carbons (Fsp3) is 0.611. The Labute approximate surface area is 143 Å². The Kier molecular flexibility index (Phi) is 5.26. The number of nitrogens with zero attached hydrogens (tertiary/aromatic N) is 2. The lowest BCUT2D eigenvalue weighted by molar-refractivity contribution is 0.0772. The number of amides is 1. The van der Waals surface area contributed by atoms with E-state index in [1.54, 1.807) is 14.2 Å². The van der Waals surface area contributed by atoms with Crippen LogP contribution in [0.1, 0.15) is 22.3 Å². The summed E-state index contributed by atoms with van der Waals surface area (Å²) < 4.78 is 10.8. The van der Waals surface area contributed by atoms with E-state index < -0.39 is 0 Å². The van der Waals surface area contributed by atoms with Gasteiger partial charge in [-0.05, 0) is 25.5 Å². The summed E-state index contributed by atoms with van der Waals surface area (Å²) in [5.74, 6) is 1.44. The van der Waals surface area contributed by atoms with Crippen molar-refractivity contribution in [1.82, 2.24) is 15.1 Å². The molecule has 0 aromatic heterocycles. The highest BCUT2D eigenvalue weighted by Crippen LogP contribution is 2.30. The van der Waals surface area contributed by atoms with Crippen LogP contribution in [0.5, 0.6) is 11.5 Å². The van der Waals surface area contributed by atoms with E-state index in [1.807, 2.05) is 24.0 Å². The van der Waals surface area contributed by atoms with Crippen LogP contribution in [-0.2, 0) is 0 Å². The van der Waals surface area contributed by atoms with Gasteiger partial charge in [0, 0.05) is 56.4 Å². The van der Waals surface area contributed by atoms with Crippen molar-refractivity contribution in [2.45, 2.75) is 19.4 Å². The summed E-state index contributed by atoms with van der Waals surface area (Å²) in [7, 11) is 3.23. The Morgan fingerprint density at radius 2 is 1.75 bits per heavy atom. The van der Waals surface area contributed by atoms with Crippen molar-refractivity contribution >= 4 is 5.91 Å². The zero-order valence-electron chi connectivity index (χ0n) is 14.8. The second kappa shape index (κ2) is 7.40. The average Bonchev–Trinajstić information content (AvgIpc) is 3.12. The molecule has 6 nitrogen and oxygen atoms in total. The Hall–Kier alpha value is -1.79. The maximum absolute atomic E-state index is 12.9. The van der Waals surface area contributed by atoms with Crippen molar-refractivity contribution < 1.29 is 14.3 Å². The molecule has 1 atom stereocenters. The smallest absolute Gasteiger partial charge is 0.254 e. The molecule has 24 heavy (non-hydrogen) atoms. The number of carbonyl (C=O) groups excluding carboxylic acids is 1. The largest absolute Gasteiger partial charge is 0.496 e. The number of hydrogen-bond acceptors (Lipinski definition) is 5. The first-order valence-electron chi connectivity index (χ1n) is 8.60. The summed E-state index contributed by atoms with van der Waals surface area (Å²) in [5, 5.41) is 3.38. The average molecular weight is 333 g/mol. The molecule has 0 bridgehead atoms. The highest BCUT2D eigenvalue weighted by Gasteiger charge is 2.31. The first kappa shape index (κ1) is 17.0. The molecule has 0 radical (unpaired) electrons. The molecule has 1 amide bonds. The molecular weight excluding hydrogens is 306 g/mol. The zero-order valence-corrected chi connectivity index (χ0v) is 14.8. The molecule has 2 aliphatic rings. The van der Waals surface area contributed by atoms with Gasteiger partial charge in [-0.15, -0.1) is 0 Å². The molecule has 2 fully saturated rings. The molecule has 132 valence electrons. The normalized spacial score (nSPS) is 21.8. The van der Waals surface area contributed by atoms with Crippen molar-refractivity contribution in [3.05, 3.63) is 23.3 Å². The number of carbonyl (C=O) groups is 1. The molecule has 2 saturated heterocycles. The summed E-state index contributed by atoms with van der Waals surface area (Å²) in [6.07, 6.45) is 1.05. The minimum Gasteiger partial charge on any atom is -0.496 e. The van der Waals surface area contributed by atoms with Crippen LogP contribution < -0.4 is 14.8 Å². The molecule has 2 aliphatic heterocycles. The lowest BCUT2D eigenvalue weighted by Gasteiger charge is -2.32. The molecule has 0 aliphatic carbocycles. The molecule has 1 aromatic rings. The highest BCUT2D eigenvalue weighted by atomic mass is 16.5. The summed E-state index contributed by atoms with van der Waals surface area (Å²) >= 11 is 0. The molecule has 1 unspecified atom stereocenters. The van der Waals surface area contributed by atoms with Gasteiger partial charge >= 0.3 is 0 Å². The fourth-order valence-electron chi connectivity index (χ4n) is 3.66. The molecule has 1 aromatic carbocycles. The maximum Gasteiger partial charge on any atom is 0.254 e. The minimum atomic E-state index is 0.0595. The topological polar surface area (TPSA) is 54.0 Å². The second-order valence-electron chi connectivity index (χ2n) is 6.49. The first-order valence-corrected chi connectivity index (χ1v) is 8.60. The Balaban J connectivity index is 1.73.